The largest absolute Gasteiger partial charge is 0.459 e. The van der Waals surface area contributed by atoms with Gasteiger partial charge in [-0.2, -0.15) is 0 Å². The van der Waals surface area contributed by atoms with Crippen molar-refractivity contribution in [3.05, 3.63) is 0 Å². The van der Waals surface area contributed by atoms with E-state index in [-0.39, 0.29) is 18.4 Å². The quantitative estimate of drug-likeness (QED) is 0.643. The van der Waals surface area contributed by atoms with Crippen LogP contribution >= 0.6 is 0 Å². The fourth-order valence-electron chi connectivity index (χ4n) is 2.73. The average molecular weight is 227 g/mol. The highest BCUT2D eigenvalue weighted by molar-refractivity contribution is 5.79. The lowest BCUT2D eigenvalue weighted by molar-refractivity contribution is -0.185. The molecule has 1 amide bonds. The fourth-order valence-corrected chi connectivity index (χ4v) is 2.73. The molecule has 3 atom stereocenters. The molecule has 0 aromatic carbocycles. The van der Waals surface area contributed by atoms with Gasteiger partial charge < -0.3 is 14.7 Å². The van der Waals surface area contributed by atoms with Crippen molar-refractivity contribution >= 4 is 11.9 Å². The molecule has 0 aromatic rings. The van der Waals surface area contributed by atoms with E-state index in [1.54, 1.807) is 11.8 Å². The summed E-state index contributed by atoms with van der Waals surface area (Å²) >= 11 is 0. The molecular weight excluding hydrogens is 210 g/mol. The van der Waals surface area contributed by atoms with Gasteiger partial charge in [0.15, 0.2) is 0 Å². The van der Waals surface area contributed by atoms with Gasteiger partial charge in [-0.05, 0) is 19.8 Å². The Kier molecular flexibility index (Phi) is 2.66. The molecule has 0 bridgehead atoms. The fraction of sp³-hybridized carbons (Fsp3) is 0.818. The summed E-state index contributed by atoms with van der Waals surface area (Å²) in [6, 6.07) is -0.210. The lowest BCUT2D eigenvalue weighted by atomic mass is 9.83. The monoisotopic (exact) mass is 227 g/mol. The van der Waals surface area contributed by atoms with E-state index in [0.29, 0.717) is 6.54 Å². The molecule has 0 aliphatic carbocycles. The first-order valence-electron chi connectivity index (χ1n) is 5.62. The zero-order chi connectivity index (χ0) is 11.9. The lowest BCUT2D eigenvalue weighted by Gasteiger charge is -2.45. The number of aliphatic hydroxyl groups is 1. The van der Waals surface area contributed by atoms with Crippen LogP contribution in [0, 0.1) is 0 Å². The molecule has 16 heavy (non-hydrogen) atoms. The summed E-state index contributed by atoms with van der Waals surface area (Å²) in [6.07, 6.45) is 1.05. The summed E-state index contributed by atoms with van der Waals surface area (Å²) in [4.78, 5) is 24.4. The third kappa shape index (κ3) is 1.69. The zero-order valence-corrected chi connectivity index (χ0v) is 9.60. The third-order valence-corrected chi connectivity index (χ3v) is 3.57. The SMILES string of the molecule is CC(=O)O[C@H]1CC(=O)N2CCC[C@H]2[C@@]1(C)O. The topological polar surface area (TPSA) is 66.8 Å². The molecule has 2 rings (SSSR count). The first-order valence-corrected chi connectivity index (χ1v) is 5.62. The van der Waals surface area contributed by atoms with Crippen LogP contribution in [-0.4, -0.2) is 46.2 Å². The number of fused-ring (bicyclic) bond motifs is 1. The molecule has 0 saturated carbocycles. The molecule has 0 unspecified atom stereocenters. The van der Waals surface area contributed by atoms with Crippen molar-refractivity contribution in [1.82, 2.24) is 4.90 Å². The Morgan fingerprint density at radius 2 is 2.31 bits per heavy atom. The van der Waals surface area contributed by atoms with Crippen molar-refractivity contribution in [3.63, 3.8) is 0 Å². The number of carbonyl (C=O) groups is 2. The van der Waals surface area contributed by atoms with Gasteiger partial charge in [-0.1, -0.05) is 0 Å². The predicted octanol–water partition coefficient (Wildman–Crippen LogP) is 0.0638. The molecule has 90 valence electrons. The van der Waals surface area contributed by atoms with Crippen LogP contribution in [0.15, 0.2) is 0 Å². The van der Waals surface area contributed by atoms with E-state index in [1.807, 2.05) is 0 Å². The van der Waals surface area contributed by atoms with Gasteiger partial charge in [0.25, 0.3) is 0 Å². The van der Waals surface area contributed by atoms with Crippen LogP contribution < -0.4 is 0 Å². The maximum atomic E-state index is 11.8. The van der Waals surface area contributed by atoms with Gasteiger partial charge in [-0.3, -0.25) is 9.59 Å². The normalized spacial score (nSPS) is 38.4. The molecule has 1 N–H and O–H groups in total. The molecule has 2 aliphatic heterocycles. The standard InChI is InChI=1S/C11H17NO4/c1-7(13)16-9-6-10(14)12-5-3-4-8(12)11(9,2)15/h8-9,15H,3-6H2,1-2H3/t8-,9-,11+/m0/s1. The highest BCUT2D eigenvalue weighted by Crippen LogP contribution is 2.36. The second kappa shape index (κ2) is 3.73. The number of carbonyl (C=O) groups excluding carboxylic acids is 2. The highest BCUT2D eigenvalue weighted by atomic mass is 16.6. The predicted molar refractivity (Wildman–Crippen MR) is 55.5 cm³/mol. The van der Waals surface area contributed by atoms with Crippen LogP contribution in [0.1, 0.15) is 33.1 Å². The number of hydrogen-bond donors (Lipinski definition) is 1. The number of amides is 1. The van der Waals surface area contributed by atoms with Crippen LogP contribution in [-0.2, 0) is 14.3 Å². The number of ether oxygens (including phenoxy) is 1. The summed E-state index contributed by atoms with van der Waals surface area (Å²) < 4.78 is 5.05. The molecule has 2 saturated heterocycles. The second-order valence-electron chi connectivity index (χ2n) is 4.77. The van der Waals surface area contributed by atoms with Crippen LogP contribution in [0.4, 0.5) is 0 Å². The Labute approximate surface area is 94.4 Å². The average Bonchev–Trinajstić information content (AvgIpc) is 2.63. The van der Waals surface area contributed by atoms with Crippen LogP contribution in [0.5, 0.6) is 0 Å². The van der Waals surface area contributed by atoms with E-state index in [4.69, 9.17) is 4.74 Å². The minimum absolute atomic E-state index is 0.0275. The van der Waals surface area contributed by atoms with Gasteiger partial charge in [-0.25, -0.2) is 0 Å². The number of hydrogen-bond acceptors (Lipinski definition) is 4. The number of esters is 1. The number of rotatable bonds is 1. The zero-order valence-electron chi connectivity index (χ0n) is 9.60. The summed E-state index contributed by atoms with van der Waals surface area (Å²) in [5, 5.41) is 10.4. The van der Waals surface area contributed by atoms with Crippen molar-refractivity contribution in [2.45, 2.75) is 50.9 Å². The Bertz CT molecular complexity index is 326. The van der Waals surface area contributed by atoms with Gasteiger partial charge in [0.05, 0.1) is 12.5 Å². The number of piperidine rings is 1. The van der Waals surface area contributed by atoms with Crippen molar-refractivity contribution in [1.29, 1.82) is 0 Å². The number of nitrogens with zero attached hydrogens (tertiary/aromatic N) is 1. The summed E-state index contributed by atoms with van der Waals surface area (Å²) in [5.41, 5.74) is -1.13. The minimum Gasteiger partial charge on any atom is -0.459 e. The van der Waals surface area contributed by atoms with Crippen molar-refractivity contribution < 1.29 is 19.4 Å². The van der Waals surface area contributed by atoms with E-state index in [0.717, 1.165) is 12.8 Å². The first-order chi connectivity index (χ1) is 7.43. The van der Waals surface area contributed by atoms with Gasteiger partial charge in [0, 0.05) is 13.5 Å². The third-order valence-electron chi connectivity index (χ3n) is 3.57. The Balaban J connectivity index is 2.21. The van der Waals surface area contributed by atoms with E-state index in [1.165, 1.54) is 6.92 Å². The van der Waals surface area contributed by atoms with Crippen LogP contribution in [0.3, 0.4) is 0 Å². The Morgan fingerprint density at radius 3 is 2.94 bits per heavy atom. The Morgan fingerprint density at radius 1 is 1.62 bits per heavy atom. The highest BCUT2D eigenvalue weighted by Gasteiger charge is 2.52. The van der Waals surface area contributed by atoms with Crippen molar-refractivity contribution in [2.24, 2.45) is 0 Å². The van der Waals surface area contributed by atoms with Gasteiger partial charge >= 0.3 is 5.97 Å². The van der Waals surface area contributed by atoms with Crippen molar-refractivity contribution in [3.8, 4) is 0 Å². The summed E-state index contributed by atoms with van der Waals surface area (Å²) in [5.74, 6) is -0.482. The molecular formula is C11H17NO4. The molecule has 5 heteroatoms. The molecule has 5 nitrogen and oxygen atoms in total. The second-order valence-corrected chi connectivity index (χ2v) is 4.77. The smallest absolute Gasteiger partial charge is 0.303 e. The maximum absolute atomic E-state index is 11.8. The van der Waals surface area contributed by atoms with Gasteiger partial charge in [0.1, 0.15) is 11.7 Å². The van der Waals surface area contributed by atoms with E-state index in [9.17, 15) is 14.7 Å². The Hall–Kier alpha value is -1.10. The molecule has 2 fully saturated rings. The van der Waals surface area contributed by atoms with Crippen LogP contribution in [0.25, 0.3) is 0 Å². The summed E-state index contributed by atoms with van der Waals surface area (Å²) in [7, 11) is 0. The summed E-state index contributed by atoms with van der Waals surface area (Å²) in [6.45, 7) is 3.64. The minimum atomic E-state index is -1.13. The van der Waals surface area contributed by atoms with Gasteiger partial charge in [0.2, 0.25) is 5.91 Å². The van der Waals surface area contributed by atoms with Crippen LogP contribution in [0.2, 0.25) is 0 Å². The van der Waals surface area contributed by atoms with E-state index >= 15 is 0 Å². The van der Waals surface area contributed by atoms with Crippen molar-refractivity contribution in [2.75, 3.05) is 6.54 Å². The molecule has 0 spiro atoms. The maximum Gasteiger partial charge on any atom is 0.303 e. The molecule has 2 heterocycles. The lowest BCUT2D eigenvalue weighted by Crippen LogP contribution is -2.62. The van der Waals surface area contributed by atoms with Gasteiger partial charge in [-0.15, -0.1) is 0 Å². The van der Waals surface area contributed by atoms with E-state index in [2.05, 4.69) is 0 Å². The van der Waals surface area contributed by atoms with E-state index < -0.39 is 17.7 Å². The molecule has 2 aliphatic rings. The molecule has 0 radical (unpaired) electrons. The first kappa shape index (κ1) is 11.4. The molecule has 0 aromatic heterocycles.